The Bertz CT molecular complexity index is 1410. The molecule has 2 heterocycles. The molecule has 41 heavy (non-hydrogen) atoms. The largest absolute Gasteiger partial charge is 0.487 e. The Morgan fingerprint density at radius 2 is 1.83 bits per heavy atom. The number of ketones is 1. The molecule has 1 aliphatic carbocycles. The third-order valence-corrected chi connectivity index (χ3v) is 7.62. The van der Waals surface area contributed by atoms with Gasteiger partial charge in [0.15, 0.2) is 17.5 Å². The van der Waals surface area contributed by atoms with Crippen molar-refractivity contribution >= 4 is 24.0 Å². The minimum atomic E-state index is -2.01. The monoisotopic (exact) mass is 570 g/mol. The standard InChI is InChI=1S/C29H30O12/c1-28(2)10-9-17-23(41-28)16-5-3-4-6-18(16)29(37,25(17)34)12-14-7-8-15(11-19(14)38-13-30)39-27-22(33)20(31)21(32)24(40-27)26(35)36/h3-8,11,13,20-22,24,27,31-33,37H,9-10,12H2,1-2H3,(H,35,36)/t20-,21-,22+,24-,27+,29?/m0/s1. The predicted octanol–water partition coefficient (Wildman–Crippen LogP) is 0.806. The van der Waals surface area contributed by atoms with Crippen molar-refractivity contribution in [3.05, 3.63) is 64.7 Å². The topological polar surface area (TPSA) is 189 Å². The lowest BCUT2D eigenvalue weighted by Crippen LogP contribution is -2.61. The number of rotatable bonds is 7. The summed E-state index contributed by atoms with van der Waals surface area (Å²) < 4.78 is 22.0. The summed E-state index contributed by atoms with van der Waals surface area (Å²) in [4.78, 5) is 36.5. The van der Waals surface area contributed by atoms with Gasteiger partial charge in [0, 0.05) is 29.2 Å². The van der Waals surface area contributed by atoms with Crippen LogP contribution in [0.1, 0.15) is 43.4 Å². The van der Waals surface area contributed by atoms with Crippen molar-refractivity contribution in [2.24, 2.45) is 0 Å². The number of aliphatic hydroxyl groups excluding tert-OH is 3. The molecule has 12 nitrogen and oxygen atoms in total. The molecule has 12 heteroatoms. The molecule has 2 aliphatic heterocycles. The van der Waals surface area contributed by atoms with Gasteiger partial charge in [0.25, 0.3) is 6.47 Å². The highest BCUT2D eigenvalue weighted by Crippen LogP contribution is 2.48. The third-order valence-electron chi connectivity index (χ3n) is 7.62. The smallest absolute Gasteiger partial charge is 0.335 e. The lowest BCUT2D eigenvalue weighted by molar-refractivity contribution is -0.271. The molecule has 0 saturated carbocycles. The SMILES string of the molecule is CC1(C)CCC2=C(O1)c1ccccc1C(O)(Cc1ccc(O[C@@H]3O[C@H](C(=O)O)[C@@H](O)[C@H](O)[C@H]3O)cc1OC=O)C2=O. The normalized spacial score (nSPS) is 30.5. The van der Waals surface area contributed by atoms with Crippen LogP contribution >= 0.6 is 0 Å². The van der Waals surface area contributed by atoms with Crippen molar-refractivity contribution in [1.29, 1.82) is 0 Å². The maximum atomic E-state index is 13.8. The number of ether oxygens (including phenoxy) is 4. The van der Waals surface area contributed by atoms with Crippen LogP contribution in [-0.2, 0) is 35.9 Å². The minimum absolute atomic E-state index is 0.0577. The summed E-state index contributed by atoms with van der Waals surface area (Å²) in [6.45, 7) is 4.01. The Hall–Kier alpha value is -3.81. The molecule has 1 saturated heterocycles. The number of aliphatic carboxylic acids is 1. The quantitative estimate of drug-likeness (QED) is 0.295. The van der Waals surface area contributed by atoms with Crippen molar-refractivity contribution in [3.8, 4) is 11.5 Å². The molecule has 3 aliphatic rings. The van der Waals surface area contributed by atoms with E-state index in [4.69, 9.17) is 18.9 Å². The van der Waals surface area contributed by atoms with E-state index < -0.39 is 53.7 Å². The van der Waals surface area contributed by atoms with Crippen molar-refractivity contribution in [2.45, 2.75) is 75.0 Å². The molecular weight excluding hydrogens is 540 g/mol. The number of aliphatic hydroxyl groups is 4. The molecule has 1 unspecified atom stereocenters. The second-order valence-corrected chi connectivity index (χ2v) is 10.9. The fourth-order valence-corrected chi connectivity index (χ4v) is 5.43. The number of benzene rings is 2. The molecule has 6 atom stereocenters. The zero-order valence-electron chi connectivity index (χ0n) is 22.2. The van der Waals surface area contributed by atoms with Crippen molar-refractivity contribution in [3.63, 3.8) is 0 Å². The summed E-state index contributed by atoms with van der Waals surface area (Å²) in [6, 6.07) is 10.9. The van der Waals surface area contributed by atoms with Gasteiger partial charge >= 0.3 is 5.97 Å². The van der Waals surface area contributed by atoms with Crippen LogP contribution in [0.3, 0.4) is 0 Å². The summed E-state index contributed by atoms with van der Waals surface area (Å²) in [5, 5.41) is 51.4. The molecule has 218 valence electrons. The van der Waals surface area contributed by atoms with Gasteiger partial charge in [-0.2, -0.15) is 0 Å². The van der Waals surface area contributed by atoms with Crippen molar-refractivity contribution < 1.29 is 58.9 Å². The Morgan fingerprint density at radius 1 is 1.10 bits per heavy atom. The summed E-state index contributed by atoms with van der Waals surface area (Å²) in [7, 11) is 0. The van der Waals surface area contributed by atoms with Gasteiger partial charge in [0.2, 0.25) is 6.29 Å². The molecule has 0 radical (unpaired) electrons. The molecule has 0 spiro atoms. The molecule has 0 aromatic heterocycles. The van der Waals surface area contributed by atoms with Crippen LogP contribution in [0.25, 0.3) is 5.76 Å². The van der Waals surface area contributed by atoms with Gasteiger partial charge < -0.3 is 44.5 Å². The number of carbonyl (C=O) groups is 3. The molecule has 1 fully saturated rings. The molecule has 2 aromatic rings. The second kappa shape index (κ2) is 10.5. The Morgan fingerprint density at radius 3 is 2.54 bits per heavy atom. The van der Waals surface area contributed by atoms with Gasteiger partial charge in [-0.05, 0) is 38.3 Å². The molecule has 5 rings (SSSR count). The fourth-order valence-electron chi connectivity index (χ4n) is 5.43. The first-order valence-corrected chi connectivity index (χ1v) is 13.0. The molecule has 5 N–H and O–H groups in total. The highest BCUT2D eigenvalue weighted by Gasteiger charge is 2.50. The Kier molecular flexibility index (Phi) is 7.38. The zero-order chi connectivity index (χ0) is 29.7. The molecular formula is C29H30O12. The van der Waals surface area contributed by atoms with Gasteiger partial charge in [-0.15, -0.1) is 0 Å². The van der Waals surface area contributed by atoms with Crippen LogP contribution in [0.5, 0.6) is 11.5 Å². The summed E-state index contributed by atoms with van der Waals surface area (Å²) in [6.07, 6.45) is -8.44. The number of hydrogen-bond donors (Lipinski definition) is 5. The number of hydrogen-bond acceptors (Lipinski definition) is 11. The van der Waals surface area contributed by atoms with Crippen LogP contribution in [-0.4, -0.2) is 80.1 Å². The van der Waals surface area contributed by atoms with E-state index in [0.29, 0.717) is 35.3 Å². The number of carbonyl (C=O) groups excluding carboxylic acids is 2. The van der Waals surface area contributed by atoms with E-state index in [1.807, 2.05) is 13.8 Å². The van der Waals surface area contributed by atoms with Crippen LogP contribution in [0.4, 0.5) is 0 Å². The first kappa shape index (κ1) is 28.7. The number of carboxylic acid groups (broad SMARTS) is 1. The van der Waals surface area contributed by atoms with Crippen LogP contribution < -0.4 is 9.47 Å². The average molecular weight is 571 g/mol. The van der Waals surface area contributed by atoms with Crippen molar-refractivity contribution in [1.82, 2.24) is 0 Å². The third kappa shape index (κ3) is 5.09. The Labute approximate surface area is 234 Å². The van der Waals surface area contributed by atoms with Gasteiger partial charge in [-0.3, -0.25) is 9.59 Å². The second-order valence-electron chi connectivity index (χ2n) is 10.9. The van der Waals surface area contributed by atoms with Gasteiger partial charge in [0.1, 0.15) is 41.2 Å². The van der Waals surface area contributed by atoms with E-state index >= 15 is 0 Å². The molecule has 2 aromatic carbocycles. The number of fused-ring (bicyclic) bond motifs is 2. The zero-order valence-corrected chi connectivity index (χ0v) is 22.2. The van der Waals surface area contributed by atoms with Crippen LogP contribution in [0, 0.1) is 0 Å². The van der Waals surface area contributed by atoms with E-state index in [9.17, 15) is 39.9 Å². The van der Waals surface area contributed by atoms with Crippen molar-refractivity contribution in [2.75, 3.05) is 0 Å². The van der Waals surface area contributed by atoms with Gasteiger partial charge in [-0.25, -0.2) is 4.79 Å². The summed E-state index contributed by atoms with van der Waals surface area (Å²) >= 11 is 0. The van der Waals surface area contributed by atoms with Crippen LogP contribution in [0.2, 0.25) is 0 Å². The van der Waals surface area contributed by atoms with Crippen LogP contribution in [0.15, 0.2) is 48.0 Å². The summed E-state index contributed by atoms with van der Waals surface area (Å²) in [5.74, 6) is -1.80. The minimum Gasteiger partial charge on any atom is -0.487 e. The first-order chi connectivity index (χ1) is 19.4. The maximum absolute atomic E-state index is 13.8. The van der Waals surface area contributed by atoms with E-state index in [-0.39, 0.29) is 30.0 Å². The summed E-state index contributed by atoms with van der Waals surface area (Å²) in [5.41, 5.74) is -0.935. The average Bonchev–Trinajstić information content (AvgIpc) is 2.93. The first-order valence-electron chi connectivity index (χ1n) is 13.0. The maximum Gasteiger partial charge on any atom is 0.335 e. The lowest BCUT2D eigenvalue weighted by Gasteiger charge is -2.41. The van der Waals surface area contributed by atoms with Gasteiger partial charge in [-0.1, -0.05) is 30.3 Å². The Balaban J connectivity index is 1.46. The number of Topliss-reactive ketones (excluding diaryl/α,β-unsaturated/α-hetero) is 1. The molecule has 0 amide bonds. The molecule has 0 bridgehead atoms. The van der Waals surface area contributed by atoms with E-state index in [1.165, 1.54) is 18.2 Å². The van der Waals surface area contributed by atoms with E-state index in [1.54, 1.807) is 24.3 Å². The van der Waals surface area contributed by atoms with E-state index in [2.05, 4.69) is 0 Å². The van der Waals surface area contributed by atoms with E-state index in [0.717, 1.165) is 0 Å². The lowest BCUT2D eigenvalue weighted by atomic mass is 9.72. The highest BCUT2D eigenvalue weighted by atomic mass is 16.7. The fraction of sp³-hybridized carbons (Fsp3) is 0.414. The predicted molar refractivity (Wildman–Crippen MR) is 138 cm³/mol. The van der Waals surface area contributed by atoms with Gasteiger partial charge in [0.05, 0.1) is 0 Å². The number of carboxylic acids is 1. The highest BCUT2D eigenvalue weighted by molar-refractivity contribution is 6.10.